The molecule has 2 saturated heterocycles. The summed E-state index contributed by atoms with van der Waals surface area (Å²) in [4.78, 5) is 36.0. The van der Waals surface area contributed by atoms with Gasteiger partial charge in [-0.25, -0.2) is 19.2 Å². The number of benzene rings is 2. The lowest BCUT2D eigenvalue weighted by Gasteiger charge is -2.32. The average Bonchev–Trinajstić information content (AvgIpc) is 3.27. The molecule has 0 unspecified atom stereocenters. The van der Waals surface area contributed by atoms with Crippen molar-refractivity contribution in [3.63, 3.8) is 0 Å². The number of halogens is 2. The maximum atomic E-state index is 14.2. The Morgan fingerprint density at radius 1 is 1.07 bits per heavy atom. The molecule has 2 fully saturated rings. The molecule has 41 heavy (non-hydrogen) atoms. The van der Waals surface area contributed by atoms with E-state index in [1.54, 1.807) is 24.3 Å². The number of carbonyl (C=O) groups is 2. The van der Waals surface area contributed by atoms with Crippen LogP contribution in [-0.4, -0.2) is 62.2 Å². The lowest BCUT2D eigenvalue weighted by molar-refractivity contribution is -0.0592. The van der Waals surface area contributed by atoms with Crippen LogP contribution in [-0.2, 0) is 17.8 Å². The van der Waals surface area contributed by atoms with Crippen LogP contribution in [0.25, 0.3) is 11.0 Å². The summed E-state index contributed by atoms with van der Waals surface area (Å²) in [7, 11) is 0. The monoisotopic (exact) mass is 577 g/mol. The first-order valence-corrected chi connectivity index (χ1v) is 14.0. The average molecular weight is 578 g/mol. The minimum absolute atomic E-state index is 0.0935. The first kappa shape index (κ1) is 27.3. The number of carboxylic acids is 1. The third-order valence-corrected chi connectivity index (χ3v) is 8.05. The Labute approximate surface area is 240 Å². The Morgan fingerprint density at radius 2 is 1.88 bits per heavy atom. The third kappa shape index (κ3) is 5.95. The molecule has 0 bridgehead atoms. The summed E-state index contributed by atoms with van der Waals surface area (Å²) >= 11 is 5.80. The van der Waals surface area contributed by atoms with E-state index >= 15 is 0 Å². The third-order valence-electron chi connectivity index (χ3n) is 7.81. The first-order valence-electron chi connectivity index (χ1n) is 13.6. The summed E-state index contributed by atoms with van der Waals surface area (Å²) in [5, 5.41) is 12.4. The van der Waals surface area contributed by atoms with Gasteiger partial charge in [0.15, 0.2) is 0 Å². The number of imidazole rings is 1. The van der Waals surface area contributed by atoms with Crippen molar-refractivity contribution < 1.29 is 23.8 Å². The summed E-state index contributed by atoms with van der Waals surface area (Å²) in [5.41, 5.74) is 2.62. The Bertz CT molecular complexity index is 1610. The summed E-state index contributed by atoms with van der Waals surface area (Å²) in [6.45, 7) is 3.71. The van der Waals surface area contributed by atoms with Gasteiger partial charge < -0.3 is 19.7 Å². The zero-order chi connectivity index (χ0) is 28.5. The number of ether oxygens (including phenoxy) is 1. The van der Waals surface area contributed by atoms with Crippen molar-refractivity contribution in [1.29, 1.82) is 0 Å². The van der Waals surface area contributed by atoms with Crippen molar-refractivity contribution in [2.75, 3.05) is 25.0 Å². The van der Waals surface area contributed by atoms with Gasteiger partial charge in [0.05, 0.1) is 41.4 Å². The topological polar surface area (TPSA) is 110 Å². The smallest absolute Gasteiger partial charge is 0.335 e. The summed E-state index contributed by atoms with van der Waals surface area (Å²) < 4.78 is 22.0. The molecule has 6 rings (SSSR count). The van der Waals surface area contributed by atoms with Crippen LogP contribution >= 0.6 is 11.6 Å². The second kappa shape index (κ2) is 11.6. The molecular formula is C30H29ClFN5O4. The predicted molar refractivity (Wildman–Crippen MR) is 152 cm³/mol. The Kier molecular flexibility index (Phi) is 7.70. The van der Waals surface area contributed by atoms with E-state index in [4.69, 9.17) is 21.3 Å². The molecule has 4 aromatic rings. The van der Waals surface area contributed by atoms with E-state index in [1.807, 2.05) is 12.1 Å². The van der Waals surface area contributed by atoms with E-state index in [0.29, 0.717) is 18.9 Å². The fraction of sp³-hybridized carbons (Fsp3) is 0.333. The number of amides is 1. The van der Waals surface area contributed by atoms with E-state index in [-0.39, 0.29) is 28.2 Å². The number of likely N-dealkylation sites (tertiary alicyclic amines) is 1. The summed E-state index contributed by atoms with van der Waals surface area (Å²) in [5.74, 6) is -0.738. The normalized spacial score (nSPS) is 17.9. The van der Waals surface area contributed by atoms with Gasteiger partial charge in [-0.15, -0.1) is 0 Å². The molecule has 9 nitrogen and oxygen atoms in total. The Morgan fingerprint density at radius 3 is 2.59 bits per heavy atom. The number of hydrogen-bond acceptors (Lipinski definition) is 6. The molecule has 0 saturated carbocycles. The van der Waals surface area contributed by atoms with Gasteiger partial charge in [-0.2, -0.15) is 0 Å². The maximum Gasteiger partial charge on any atom is 0.335 e. The highest BCUT2D eigenvalue weighted by atomic mass is 35.5. The molecule has 2 aliphatic rings. The SMILES string of the molecule is O=C(O)c1ccc2nc(CN3CCC(c4cccc(NC(=O)c5ccc(Cl)cc5F)n4)CC3)n(C[C@@H]3CCO3)c2c1. The van der Waals surface area contributed by atoms with Crippen molar-refractivity contribution >= 4 is 40.3 Å². The molecule has 0 aliphatic carbocycles. The standard InChI is InChI=1S/C30H29ClFN5O4/c31-20-5-6-22(23(32)15-20)29(38)35-27-3-1-2-24(33-27)18-8-11-36(12-9-18)17-28-34-25-7-4-19(30(39)40)14-26(25)37(28)16-21-10-13-41-21/h1-7,14-15,18,21H,8-13,16-17H2,(H,39,40)(H,33,35,38)/t21-/m0/s1. The van der Waals surface area contributed by atoms with E-state index < -0.39 is 17.7 Å². The number of nitrogens with zero attached hydrogens (tertiary/aromatic N) is 4. The van der Waals surface area contributed by atoms with E-state index in [1.165, 1.54) is 12.1 Å². The Hall–Kier alpha value is -3.86. The summed E-state index contributed by atoms with van der Waals surface area (Å²) in [6.07, 6.45) is 2.85. The number of piperidine rings is 1. The van der Waals surface area contributed by atoms with Gasteiger partial charge in [0.2, 0.25) is 0 Å². The molecular weight excluding hydrogens is 549 g/mol. The van der Waals surface area contributed by atoms with Crippen LogP contribution in [0, 0.1) is 5.82 Å². The van der Waals surface area contributed by atoms with E-state index in [2.05, 4.69) is 19.8 Å². The van der Waals surface area contributed by atoms with Gasteiger partial charge in [0, 0.05) is 23.2 Å². The largest absolute Gasteiger partial charge is 0.478 e. The highest BCUT2D eigenvalue weighted by Gasteiger charge is 2.26. The number of anilines is 1. The van der Waals surface area contributed by atoms with E-state index in [0.717, 1.165) is 67.6 Å². The van der Waals surface area contributed by atoms with E-state index in [9.17, 15) is 19.1 Å². The lowest BCUT2D eigenvalue weighted by Crippen LogP contribution is -2.35. The quantitative estimate of drug-likeness (QED) is 0.291. The zero-order valence-electron chi connectivity index (χ0n) is 22.2. The second-order valence-electron chi connectivity index (χ2n) is 10.5. The van der Waals surface area contributed by atoms with Gasteiger partial charge in [0.1, 0.15) is 17.5 Å². The lowest BCUT2D eigenvalue weighted by atomic mass is 9.93. The van der Waals surface area contributed by atoms with Crippen LogP contribution < -0.4 is 5.32 Å². The fourth-order valence-electron chi connectivity index (χ4n) is 5.45. The van der Waals surface area contributed by atoms with Gasteiger partial charge in [0.25, 0.3) is 5.91 Å². The molecule has 0 radical (unpaired) electrons. The van der Waals surface area contributed by atoms with Gasteiger partial charge in [-0.3, -0.25) is 9.69 Å². The van der Waals surface area contributed by atoms with Crippen molar-refractivity contribution in [1.82, 2.24) is 19.4 Å². The van der Waals surface area contributed by atoms with Gasteiger partial charge in [-0.1, -0.05) is 17.7 Å². The number of aromatic carboxylic acids is 1. The van der Waals surface area contributed by atoms with Crippen LogP contribution in [0.1, 0.15) is 57.4 Å². The van der Waals surface area contributed by atoms with Crippen molar-refractivity contribution in [2.24, 2.45) is 0 Å². The molecule has 2 aliphatic heterocycles. The molecule has 212 valence electrons. The molecule has 4 heterocycles. The molecule has 2 aromatic heterocycles. The number of aromatic nitrogens is 3. The highest BCUT2D eigenvalue weighted by molar-refractivity contribution is 6.30. The summed E-state index contributed by atoms with van der Waals surface area (Å²) in [6, 6.07) is 14.5. The number of pyridine rings is 1. The van der Waals surface area contributed by atoms with Gasteiger partial charge >= 0.3 is 5.97 Å². The van der Waals surface area contributed by atoms with Crippen molar-refractivity contribution in [3.8, 4) is 0 Å². The number of fused-ring (bicyclic) bond motifs is 1. The predicted octanol–water partition coefficient (Wildman–Crippen LogP) is 5.34. The molecule has 1 atom stereocenters. The second-order valence-corrected chi connectivity index (χ2v) is 10.9. The molecule has 1 amide bonds. The Balaban J connectivity index is 1.12. The number of nitrogens with one attached hydrogen (secondary N) is 1. The zero-order valence-corrected chi connectivity index (χ0v) is 23.0. The number of hydrogen-bond donors (Lipinski definition) is 2. The van der Waals surface area contributed by atoms with Gasteiger partial charge in [-0.05, 0) is 80.9 Å². The van der Waals surface area contributed by atoms with Crippen LogP contribution in [0.15, 0.2) is 54.6 Å². The minimum atomic E-state index is -0.961. The van der Waals surface area contributed by atoms with Crippen LogP contribution in [0.3, 0.4) is 0 Å². The fourth-order valence-corrected chi connectivity index (χ4v) is 5.61. The number of carbonyl (C=O) groups excluding carboxylic acids is 1. The van der Waals surface area contributed by atoms with Crippen LogP contribution in [0.2, 0.25) is 5.02 Å². The minimum Gasteiger partial charge on any atom is -0.478 e. The molecule has 2 aromatic carbocycles. The van der Waals surface area contributed by atoms with Crippen molar-refractivity contribution in [2.45, 2.75) is 44.4 Å². The van der Waals surface area contributed by atoms with Crippen LogP contribution in [0.4, 0.5) is 10.2 Å². The highest BCUT2D eigenvalue weighted by Crippen LogP contribution is 2.30. The molecule has 0 spiro atoms. The number of rotatable bonds is 8. The van der Waals surface area contributed by atoms with Crippen molar-refractivity contribution in [3.05, 3.63) is 88.1 Å². The molecule has 2 N–H and O–H groups in total. The van der Waals surface area contributed by atoms with Crippen LogP contribution in [0.5, 0.6) is 0 Å². The molecule has 11 heteroatoms. The number of carboxylic acid groups (broad SMARTS) is 1. The first-order chi connectivity index (χ1) is 19.8. The maximum absolute atomic E-state index is 14.2.